The van der Waals surface area contributed by atoms with E-state index in [9.17, 15) is 4.79 Å². The van der Waals surface area contributed by atoms with Crippen LogP contribution in [0.5, 0.6) is 11.5 Å². The SMILES string of the molecule is O=C(C=Cc1cc(Cl)c2c(c1)OCO2)N(CCc1ccccc1)Cc1cccnc1. The minimum Gasteiger partial charge on any atom is -0.454 e. The maximum Gasteiger partial charge on any atom is 0.246 e. The minimum absolute atomic E-state index is 0.0800. The van der Waals surface area contributed by atoms with E-state index in [0.29, 0.717) is 29.6 Å². The average molecular weight is 421 g/mol. The lowest BCUT2D eigenvalue weighted by Gasteiger charge is -2.21. The second kappa shape index (κ2) is 9.46. The van der Waals surface area contributed by atoms with Gasteiger partial charge in [-0.1, -0.05) is 48.0 Å². The number of hydrogen-bond donors (Lipinski definition) is 0. The van der Waals surface area contributed by atoms with Gasteiger partial charge in [0, 0.05) is 31.6 Å². The fraction of sp³-hybridized carbons (Fsp3) is 0.167. The highest BCUT2D eigenvalue weighted by molar-refractivity contribution is 6.32. The predicted octanol–water partition coefficient (Wildman–Crippen LogP) is 4.75. The maximum absolute atomic E-state index is 13.0. The van der Waals surface area contributed by atoms with E-state index < -0.39 is 0 Å². The summed E-state index contributed by atoms with van der Waals surface area (Å²) in [7, 11) is 0. The largest absolute Gasteiger partial charge is 0.454 e. The monoisotopic (exact) mass is 420 g/mol. The molecule has 0 fully saturated rings. The summed E-state index contributed by atoms with van der Waals surface area (Å²) in [5.74, 6) is 1.05. The van der Waals surface area contributed by atoms with Crippen LogP contribution in [-0.4, -0.2) is 29.1 Å². The molecule has 3 aromatic rings. The summed E-state index contributed by atoms with van der Waals surface area (Å²) in [6.07, 6.45) is 7.59. The van der Waals surface area contributed by atoms with Crippen LogP contribution in [0.3, 0.4) is 0 Å². The molecule has 4 rings (SSSR count). The first-order valence-electron chi connectivity index (χ1n) is 9.68. The predicted molar refractivity (Wildman–Crippen MR) is 116 cm³/mol. The standard InChI is InChI=1S/C24H21ClN2O3/c25-21-13-19(14-22-24(21)30-17-29-22)8-9-23(28)27(16-20-7-4-11-26-15-20)12-10-18-5-2-1-3-6-18/h1-9,11,13-15H,10,12,16-17H2. The molecule has 5 nitrogen and oxygen atoms in total. The average Bonchev–Trinajstić information content (AvgIpc) is 3.26. The minimum atomic E-state index is -0.0800. The Morgan fingerprint density at radius 3 is 2.73 bits per heavy atom. The smallest absolute Gasteiger partial charge is 0.246 e. The van der Waals surface area contributed by atoms with Gasteiger partial charge in [0.25, 0.3) is 0 Å². The molecule has 0 N–H and O–H groups in total. The van der Waals surface area contributed by atoms with Gasteiger partial charge in [-0.3, -0.25) is 9.78 Å². The van der Waals surface area contributed by atoms with E-state index in [-0.39, 0.29) is 12.7 Å². The van der Waals surface area contributed by atoms with Crippen molar-refractivity contribution in [1.29, 1.82) is 0 Å². The number of aromatic nitrogens is 1. The topological polar surface area (TPSA) is 51.7 Å². The van der Waals surface area contributed by atoms with Crippen LogP contribution in [0.2, 0.25) is 5.02 Å². The molecule has 2 heterocycles. The van der Waals surface area contributed by atoms with E-state index in [1.807, 2.05) is 41.3 Å². The first-order valence-corrected chi connectivity index (χ1v) is 10.1. The first kappa shape index (κ1) is 20.0. The number of ether oxygens (including phenoxy) is 2. The van der Waals surface area contributed by atoms with Crippen molar-refractivity contribution in [2.75, 3.05) is 13.3 Å². The van der Waals surface area contributed by atoms with Gasteiger partial charge in [-0.25, -0.2) is 0 Å². The van der Waals surface area contributed by atoms with Gasteiger partial charge in [0.05, 0.1) is 5.02 Å². The number of benzene rings is 2. The molecule has 152 valence electrons. The third-order valence-electron chi connectivity index (χ3n) is 4.79. The molecule has 0 aliphatic carbocycles. The molecule has 0 spiro atoms. The Morgan fingerprint density at radius 2 is 1.93 bits per heavy atom. The molecule has 0 unspecified atom stereocenters. The Kier molecular flexibility index (Phi) is 6.30. The Bertz CT molecular complexity index is 1040. The van der Waals surface area contributed by atoms with Gasteiger partial charge >= 0.3 is 0 Å². The van der Waals surface area contributed by atoms with Crippen molar-refractivity contribution in [3.8, 4) is 11.5 Å². The Hall–Kier alpha value is -3.31. The van der Waals surface area contributed by atoms with Crippen LogP contribution >= 0.6 is 11.6 Å². The van der Waals surface area contributed by atoms with Crippen LogP contribution in [-0.2, 0) is 17.8 Å². The van der Waals surface area contributed by atoms with E-state index in [1.54, 1.807) is 30.6 Å². The van der Waals surface area contributed by atoms with Crippen molar-refractivity contribution in [3.05, 3.63) is 94.8 Å². The molecule has 0 radical (unpaired) electrons. The molecule has 1 amide bonds. The number of halogens is 1. The van der Waals surface area contributed by atoms with E-state index >= 15 is 0 Å². The molecular weight excluding hydrogens is 400 g/mol. The lowest BCUT2D eigenvalue weighted by molar-refractivity contribution is -0.126. The number of pyridine rings is 1. The molecule has 0 bridgehead atoms. The summed E-state index contributed by atoms with van der Waals surface area (Å²) in [4.78, 5) is 19.0. The summed E-state index contributed by atoms with van der Waals surface area (Å²) in [5.41, 5.74) is 2.95. The van der Waals surface area contributed by atoms with Crippen molar-refractivity contribution >= 4 is 23.6 Å². The fourth-order valence-electron chi connectivity index (χ4n) is 3.24. The number of rotatable bonds is 7. The molecule has 1 aliphatic rings. The second-order valence-electron chi connectivity index (χ2n) is 6.93. The van der Waals surface area contributed by atoms with Crippen LogP contribution in [0.4, 0.5) is 0 Å². The quantitative estimate of drug-likeness (QED) is 0.517. The van der Waals surface area contributed by atoms with Crippen molar-refractivity contribution in [1.82, 2.24) is 9.88 Å². The molecule has 1 aromatic heterocycles. The number of hydrogen-bond acceptors (Lipinski definition) is 4. The number of carbonyl (C=O) groups is 1. The molecule has 6 heteroatoms. The molecule has 0 saturated carbocycles. The summed E-state index contributed by atoms with van der Waals surface area (Å²) < 4.78 is 10.7. The van der Waals surface area contributed by atoms with Crippen LogP contribution in [0, 0.1) is 0 Å². The number of amides is 1. The van der Waals surface area contributed by atoms with Gasteiger partial charge < -0.3 is 14.4 Å². The van der Waals surface area contributed by atoms with Gasteiger partial charge in [-0.15, -0.1) is 0 Å². The third kappa shape index (κ3) is 4.99. The van der Waals surface area contributed by atoms with Gasteiger partial charge in [0.1, 0.15) is 0 Å². The van der Waals surface area contributed by atoms with Gasteiger partial charge in [0.2, 0.25) is 12.7 Å². The van der Waals surface area contributed by atoms with Crippen LogP contribution in [0.25, 0.3) is 6.08 Å². The summed E-state index contributed by atoms with van der Waals surface area (Å²) in [6.45, 7) is 1.25. The van der Waals surface area contributed by atoms with Crippen LogP contribution in [0.15, 0.2) is 73.1 Å². The molecule has 1 aliphatic heterocycles. The van der Waals surface area contributed by atoms with Crippen molar-refractivity contribution < 1.29 is 14.3 Å². The summed E-state index contributed by atoms with van der Waals surface area (Å²) in [6, 6.07) is 17.5. The number of fused-ring (bicyclic) bond motifs is 1. The molecular formula is C24H21ClN2O3. The summed E-state index contributed by atoms with van der Waals surface area (Å²) >= 11 is 6.24. The van der Waals surface area contributed by atoms with Gasteiger partial charge in [0.15, 0.2) is 11.5 Å². The Balaban J connectivity index is 1.49. The van der Waals surface area contributed by atoms with E-state index in [0.717, 1.165) is 17.5 Å². The third-order valence-corrected chi connectivity index (χ3v) is 5.07. The zero-order valence-corrected chi connectivity index (χ0v) is 17.1. The maximum atomic E-state index is 13.0. The number of nitrogens with zero attached hydrogens (tertiary/aromatic N) is 2. The van der Waals surface area contributed by atoms with Crippen molar-refractivity contribution in [3.63, 3.8) is 0 Å². The fourth-order valence-corrected chi connectivity index (χ4v) is 3.52. The van der Waals surface area contributed by atoms with E-state index in [1.165, 1.54) is 5.56 Å². The van der Waals surface area contributed by atoms with Gasteiger partial charge in [-0.05, 0) is 47.4 Å². The Morgan fingerprint density at radius 1 is 1.10 bits per heavy atom. The zero-order valence-electron chi connectivity index (χ0n) is 16.3. The van der Waals surface area contributed by atoms with Crippen molar-refractivity contribution in [2.45, 2.75) is 13.0 Å². The highest BCUT2D eigenvalue weighted by Gasteiger charge is 2.18. The van der Waals surface area contributed by atoms with E-state index in [2.05, 4.69) is 17.1 Å². The lowest BCUT2D eigenvalue weighted by Crippen LogP contribution is -2.31. The van der Waals surface area contributed by atoms with Crippen LogP contribution < -0.4 is 9.47 Å². The second-order valence-corrected chi connectivity index (χ2v) is 7.33. The van der Waals surface area contributed by atoms with E-state index in [4.69, 9.17) is 21.1 Å². The highest BCUT2D eigenvalue weighted by Crippen LogP contribution is 2.40. The number of carbonyl (C=O) groups excluding carboxylic acids is 1. The van der Waals surface area contributed by atoms with Crippen LogP contribution in [0.1, 0.15) is 16.7 Å². The molecule has 30 heavy (non-hydrogen) atoms. The van der Waals surface area contributed by atoms with Gasteiger partial charge in [-0.2, -0.15) is 0 Å². The Labute approximate surface area is 180 Å². The molecule has 0 saturated heterocycles. The normalized spacial score (nSPS) is 12.3. The highest BCUT2D eigenvalue weighted by atomic mass is 35.5. The molecule has 2 aromatic carbocycles. The zero-order chi connectivity index (χ0) is 20.8. The first-order chi connectivity index (χ1) is 14.7. The molecule has 0 atom stereocenters. The summed E-state index contributed by atoms with van der Waals surface area (Å²) in [5, 5.41) is 0.466. The van der Waals surface area contributed by atoms with Crippen molar-refractivity contribution in [2.24, 2.45) is 0 Å². The lowest BCUT2D eigenvalue weighted by atomic mass is 10.1.